The summed E-state index contributed by atoms with van der Waals surface area (Å²) in [5, 5.41) is 0. The van der Waals surface area contributed by atoms with Crippen molar-refractivity contribution in [1.29, 1.82) is 0 Å². The van der Waals surface area contributed by atoms with Crippen LogP contribution in [0.1, 0.15) is 27.2 Å². The SMILES string of the molecule is CO[C@H]1O[C@H](CCS(C)(=O)=NC(=O)C(F)(F)F)[C@@H](OC(C)=O)[C@H](OC(C)=O)[C@@H]1OC(C)=O. The minimum Gasteiger partial charge on any atom is -0.456 e. The molecule has 15 heteroatoms. The van der Waals surface area contributed by atoms with Gasteiger partial charge < -0.3 is 23.7 Å². The van der Waals surface area contributed by atoms with Crippen LogP contribution in [0.3, 0.4) is 0 Å². The lowest BCUT2D eigenvalue weighted by molar-refractivity contribution is -0.298. The fourth-order valence-corrected chi connectivity index (χ4v) is 4.10. The number of esters is 3. The van der Waals surface area contributed by atoms with Crippen LogP contribution < -0.4 is 0 Å². The summed E-state index contributed by atoms with van der Waals surface area (Å²) in [4.78, 5) is 45.8. The molecule has 0 aromatic rings. The third-order valence-corrected chi connectivity index (χ3v) is 5.57. The number of hydrogen-bond acceptors (Lipinski definition) is 10. The number of ether oxygens (including phenoxy) is 5. The van der Waals surface area contributed by atoms with Crippen LogP contribution in [0.4, 0.5) is 13.2 Å². The maximum atomic E-state index is 12.4. The van der Waals surface area contributed by atoms with Crippen molar-refractivity contribution in [1.82, 2.24) is 0 Å². The quantitative estimate of drug-likeness (QED) is 0.369. The van der Waals surface area contributed by atoms with Gasteiger partial charge in [-0.1, -0.05) is 0 Å². The average Bonchev–Trinajstić information content (AvgIpc) is 2.61. The highest BCUT2D eigenvalue weighted by atomic mass is 32.2. The topological polar surface area (TPSA) is 144 Å². The lowest BCUT2D eigenvalue weighted by Crippen LogP contribution is -2.61. The summed E-state index contributed by atoms with van der Waals surface area (Å²) in [5.41, 5.74) is 0. The number of hydrogen-bond donors (Lipinski definition) is 0. The Bertz CT molecular complexity index is 852. The van der Waals surface area contributed by atoms with Gasteiger partial charge in [-0.25, -0.2) is 4.21 Å². The molecule has 184 valence electrons. The monoisotopic (exact) mass is 491 g/mol. The first-order valence-corrected chi connectivity index (χ1v) is 11.2. The first kappa shape index (κ1) is 27.8. The van der Waals surface area contributed by atoms with Crippen LogP contribution in [0.2, 0.25) is 0 Å². The Balaban J connectivity index is 3.27. The maximum absolute atomic E-state index is 12.4. The molecule has 1 saturated heterocycles. The van der Waals surface area contributed by atoms with Crippen molar-refractivity contribution >= 4 is 33.5 Å². The Morgan fingerprint density at radius 3 is 1.84 bits per heavy atom. The summed E-state index contributed by atoms with van der Waals surface area (Å²) < 4.78 is 78.6. The third-order valence-electron chi connectivity index (χ3n) is 4.03. The van der Waals surface area contributed by atoms with Crippen molar-refractivity contribution in [2.45, 2.75) is 64.1 Å². The Hall–Kier alpha value is -2.26. The molecule has 1 aliphatic rings. The van der Waals surface area contributed by atoms with Crippen molar-refractivity contribution in [2.24, 2.45) is 4.36 Å². The van der Waals surface area contributed by atoms with Gasteiger partial charge in [-0.3, -0.25) is 19.2 Å². The predicted octanol–water partition coefficient (Wildman–Crippen LogP) is 0.730. The van der Waals surface area contributed by atoms with E-state index in [4.69, 9.17) is 23.7 Å². The molecule has 1 unspecified atom stereocenters. The Morgan fingerprint density at radius 2 is 1.41 bits per heavy atom. The molecular formula is C17H24F3NO10S. The predicted molar refractivity (Wildman–Crippen MR) is 99.4 cm³/mol. The van der Waals surface area contributed by atoms with Gasteiger partial charge in [0.1, 0.15) is 6.10 Å². The maximum Gasteiger partial charge on any atom is 0.474 e. The van der Waals surface area contributed by atoms with Gasteiger partial charge in [0.25, 0.3) is 0 Å². The largest absolute Gasteiger partial charge is 0.474 e. The third kappa shape index (κ3) is 8.35. The second-order valence-corrected chi connectivity index (χ2v) is 9.36. The van der Waals surface area contributed by atoms with Gasteiger partial charge in [-0.2, -0.15) is 17.5 Å². The van der Waals surface area contributed by atoms with E-state index in [1.54, 1.807) is 0 Å². The zero-order valence-corrected chi connectivity index (χ0v) is 18.7. The zero-order chi connectivity index (χ0) is 24.9. The minimum atomic E-state index is -5.29. The minimum absolute atomic E-state index is 0.341. The van der Waals surface area contributed by atoms with Crippen molar-refractivity contribution in [3.05, 3.63) is 0 Å². The van der Waals surface area contributed by atoms with E-state index in [0.29, 0.717) is 0 Å². The molecule has 1 heterocycles. The molecular weight excluding hydrogens is 467 g/mol. The second-order valence-electron chi connectivity index (χ2n) is 6.85. The van der Waals surface area contributed by atoms with Crippen LogP contribution in [0.15, 0.2) is 4.36 Å². The number of nitrogens with zero attached hydrogens (tertiary/aromatic N) is 1. The van der Waals surface area contributed by atoms with E-state index >= 15 is 0 Å². The van der Waals surface area contributed by atoms with Crippen LogP contribution in [-0.2, 0) is 52.6 Å². The molecule has 0 aliphatic carbocycles. The van der Waals surface area contributed by atoms with Crippen molar-refractivity contribution in [2.75, 3.05) is 19.1 Å². The van der Waals surface area contributed by atoms with Crippen molar-refractivity contribution in [3.63, 3.8) is 0 Å². The Labute approximate surface area is 182 Å². The molecule has 1 rings (SSSR count). The number of amides is 1. The number of rotatable bonds is 7. The molecule has 0 N–H and O–H groups in total. The van der Waals surface area contributed by atoms with E-state index in [1.807, 2.05) is 0 Å². The van der Waals surface area contributed by atoms with Crippen LogP contribution in [0, 0.1) is 0 Å². The Kier molecular flexibility index (Phi) is 9.59. The van der Waals surface area contributed by atoms with Gasteiger partial charge in [0, 0.05) is 39.9 Å². The van der Waals surface area contributed by atoms with Crippen molar-refractivity contribution in [3.8, 4) is 0 Å². The van der Waals surface area contributed by atoms with E-state index in [9.17, 15) is 36.6 Å². The molecule has 1 aliphatic heterocycles. The molecule has 0 bridgehead atoms. The zero-order valence-electron chi connectivity index (χ0n) is 17.9. The van der Waals surface area contributed by atoms with E-state index in [1.165, 1.54) is 7.11 Å². The molecule has 0 spiro atoms. The van der Waals surface area contributed by atoms with E-state index in [0.717, 1.165) is 27.0 Å². The molecule has 0 aromatic carbocycles. The summed E-state index contributed by atoms with van der Waals surface area (Å²) in [6.07, 6.45) is -11.5. The van der Waals surface area contributed by atoms with Gasteiger partial charge in [0.2, 0.25) is 0 Å². The molecule has 1 amide bonds. The highest BCUT2D eigenvalue weighted by Crippen LogP contribution is 2.31. The molecule has 6 atom stereocenters. The molecule has 0 aromatic heterocycles. The summed E-state index contributed by atoms with van der Waals surface area (Å²) in [6.45, 7) is 3.14. The van der Waals surface area contributed by atoms with Crippen molar-refractivity contribution < 1.29 is 60.2 Å². The standard InChI is InChI=1S/C17H24F3NO10S/c1-8(22)28-12-11(6-7-32(5,26)21-16(25)17(18,19)20)31-15(27-4)14(30-10(3)24)13(12)29-9(2)23/h11-15H,6-7H2,1-5H3/t11-,12-,13+,14+,15+,32?/m1/s1. The lowest BCUT2D eigenvalue weighted by Gasteiger charge is -2.44. The van der Waals surface area contributed by atoms with Gasteiger partial charge in [-0.15, -0.1) is 0 Å². The van der Waals surface area contributed by atoms with E-state index in [2.05, 4.69) is 4.36 Å². The van der Waals surface area contributed by atoms with Crippen LogP contribution in [0.5, 0.6) is 0 Å². The lowest BCUT2D eigenvalue weighted by atomic mass is 9.96. The van der Waals surface area contributed by atoms with Gasteiger partial charge in [-0.05, 0) is 6.42 Å². The molecule has 1 fully saturated rings. The summed E-state index contributed by atoms with van der Waals surface area (Å²) in [6, 6.07) is 0. The number of alkyl halides is 3. The Morgan fingerprint density at radius 1 is 0.938 bits per heavy atom. The van der Waals surface area contributed by atoms with Crippen LogP contribution in [-0.4, -0.2) is 84.0 Å². The summed E-state index contributed by atoms with van der Waals surface area (Å²) in [5.74, 6) is -5.54. The molecule has 0 saturated carbocycles. The first-order valence-electron chi connectivity index (χ1n) is 9.08. The number of carbonyl (C=O) groups excluding carboxylic acids is 4. The first-order chi connectivity index (χ1) is 14.6. The number of methoxy groups -OCH3 is 1. The number of halogens is 3. The fraction of sp³-hybridized carbons (Fsp3) is 0.765. The van der Waals surface area contributed by atoms with E-state index in [-0.39, 0.29) is 6.42 Å². The van der Waals surface area contributed by atoms with Gasteiger partial charge in [0.05, 0.1) is 9.73 Å². The van der Waals surface area contributed by atoms with Crippen LogP contribution in [0.25, 0.3) is 0 Å². The second kappa shape index (κ2) is 11.0. The number of carbonyl (C=O) groups is 4. The van der Waals surface area contributed by atoms with Crippen LogP contribution >= 0.6 is 0 Å². The van der Waals surface area contributed by atoms with Gasteiger partial charge in [0.15, 0.2) is 24.6 Å². The molecule has 11 nitrogen and oxygen atoms in total. The normalized spacial score (nSPS) is 27.6. The summed E-state index contributed by atoms with van der Waals surface area (Å²) >= 11 is 0. The molecule has 0 radical (unpaired) electrons. The highest BCUT2D eigenvalue weighted by Gasteiger charge is 2.52. The average molecular weight is 491 g/mol. The van der Waals surface area contributed by atoms with Gasteiger partial charge >= 0.3 is 30.0 Å². The smallest absolute Gasteiger partial charge is 0.456 e. The highest BCUT2D eigenvalue weighted by molar-refractivity contribution is 7.93. The molecule has 32 heavy (non-hydrogen) atoms. The summed E-state index contributed by atoms with van der Waals surface area (Å²) in [7, 11) is -2.49. The van der Waals surface area contributed by atoms with E-state index < -0.39 is 76.2 Å². The fourth-order valence-electron chi connectivity index (χ4n) is 2.88.